The maximum absolute atomic E-state index is 11.5. The minimum Gasteiger partial charge on any atom is -0.316 e. The second-order valence-electron chi connectivity index (χ2n) is 18.5. The number of benzene rings is 4. The number of nitrogens with one attached hydrogen (secondary N) is 5. The van der Waals surface area contributed by atoms with Crippen LogP contribution in [0.25, 0.3) is 0 Å². The zero-order chi connectivity index (χ0) is 49.2. The quantitative estimate of drug-likeness (QED) is 0.0932. The number of nitrogens with zero attached hydrogens (tertiary/aromatic N) is 1. The lowest BCUT2D eigenvalue weighted by molar-refractivity contribution is 0.281. The summed E-state index contributed by atoms with van der Waals surface area (Å²) in [5, 5.41) is 3.39. The van der Waals surface area contributed by atoms with Crippen LogP contribution in [0.1, 0.15) is 36.1 Å². The first-order valence-corrected chi connectivity index (χ1v) is 31.0. The highest BCUT2D eigenvalue weighted by Gasteiger charge is 2.65. The second kappa shape index (κ2) is 20.0. The number of rotatable bonds is 17. The summed E-state index contributed by atoms with van der Waals surface area (Å²) < 4.78 is 126. The molecule has 2 heterocycles. The van der Waals surface area contributed by atoms with Crippen molar-refractivity contribution in [2.24, 2.45) is 23.7 Å². The number of fused-ring (bicyclic) bond motifs is 2. The molecule has 2 aliphatic carbocycles. The molecule has 368 valence electrons. The fourth-order valence-electron chi connectivity index (χ4n) is 9.57. The van der Waals surface area contributed by atoms with Gasteiger partial charge in [-0.2, -0.15) is 8.42 Å². The van der Waals surface area contributed by atoms with Gasteiger partial charge in [0.15, 0.2) is 0 Å². The van der Waals surface area contributed by atoms with Crippen LogP contribution in [0.5, 0.6) is 0 Å². The lowest BCUT2D eigenvalue weighted by atomic mass is 9.92. The van der Waals surface area contributed by atoms with Crippen LogP contribution in [-0.4, -0.2) is 118 Å². The lowest BCUT2D eigenvalue weighted by Crippen LogP contribution is -2.30. The zero-order valence-corrected chi connectivity index (χ0v) is 42.8. The van der Waals surface area contributed by atoms with Crippen molar-refractivity contribution in [2.45, 2.75) is 37.5 Å². The molecule has 4 atom stereocenters. The van der Waals surface area contributed by atoms with Gasteiger partial charge in [-0.25, -0.2) is 33.7 Å². The maximum atomic E-state index is 11.5. The molecule has 0 aromatic heterocycles. The molecule has 2 saturated carbocycles. The molecule has 2 saturated heterocycles. The summed E-state index contributed by atoms with van der Waals surface area (Å²) in [5.74, 6) is 2.57. The van der Waals surface area contributed by atoms with Gasteiger partial charge in [0, 0.05) is 53.2 Å². The molecule has 17 nitrogen and oxygen atoms in total. The average Bonchev–Trinajstić information content (AvgIpc) is 3.66. The molecule has 4 unspecified atom stereocenters. The van der Waals surface area contributed by atoms with E-state index >= 15 is 0 Å². The summed E-state index contributed by atoms with van der Waals surface area (Å²) in [6, 6.07) is 29.7. The fourth-order valence-corrected chi connectivity index (χ4v) is 12.2. The van der Waals surface area contributed by atoms with Gasteiger partial charge in [-0.15, -0.1) is 0 Å². The van der Waals surface area contributed by atoms with Crippen molar-refractivity contribution in [1.29, 1.82) is 0 Å². The summed E-state index contributed by atoms with van der Waals surface area (Å²) in [6.07, 6.45) is 6.91. The van der Waals surface area contributed by atoms with Crippen molar-refractivity contribution in [3.8, 4) is 0 Å². The molecule has 4 aromatic carbocycles. The van der Waals surface area contributed by atoms with E-state index in [9.17, 15) is 42.1 Å². The first-order valence-electron chi connectivity index (χ1n) is 21.6. The van der Waals surface area contributed by atoms with Gasteiger partial charge >= 0.3 is 0 Å². The Morgan fingerprint density at radius 1 is 0.522 bits per heavy atom. The average molecular weight is 1020 g/mol. The SMILES string of the molecule is CC1(c2cccc(NS(C)(=O)=O)c2)C2CN(CCc3ccc(NS(C)(=O)=O)cc3)CC21.CC1(c2cccc(NS(C)(=O)=O)c2)C2CNCC21.CS(=O)(=O)Nc1ccc(CCOS(C)(=O)=O)cc1. The molecular formula is C45H62N6O11S5. The minimum atomic E-state index is -3.42. The third-order valence-corrected chi connectivity index (χ3v) is 16.0. The van der Waals surface area contributed by atoms with Crippen molar-refractivity contribution >= 4 is 73.0 Å². The number of anilines is 4. The van der Waals surface area contributed by atoms with Crippen molar-refractivity contribution < 1.29 is 46.3 Å². The fraction of sp³-hybridized carbons (Fsp3) is 0.467. The van der Waals surface area contributed by atoms with Crippen LogP contribution in [0.15, 0.2) is 97.1 Å². The Morgan fingerprint density at radius 2 is 0.896 bits per heavy atom. The first kappa shape index (κ1) is 52.1. The third kappa shape index (κ3) is 14.9. The number of sulfonamides is 4. The Kier molecular flexibility index (Phi) is 15.5. The van der Waals surface area contributed by atoms with Crippen LogP contribution < -0.4 is 24.2 Å². The van der Waals surface area contributed by atoms with Gasteiger partial charge < -0.3 is 10.2 Å². The van der Waals surface area contributed by atoms with E-state index in [-0.39, 0.29) is 17.4 Å². The predicted octanol–water partition coefficient (Wildman–Crippen LogP) is 4.23. The summed E-state index contributed by atoms with van der Waals surface area (Å²) in [7, 11) is -16.4. The lowest BCUT2D eigenvalue weighted by Gasteiger charge is -2.25. The molecule has 22 heteroatoms. The highest BCUT2D eigenvalue weighted by atomic mass is 32.2. The highest BCUT2D eigenvalue weighted by molar-refractivity contribution is 7.92. The van der Waals surface area contributed by atoms with E-state index in [1.54, 1.807) is 48.5 Å². The van der Waals surface area contributed by atoms with Crippen LogP contribution in [0, 0.1) is 23.7 Å². The Balaban J connectivity index is 0.000000177. The number of hydrogen-bond acceptors (Lipinski definition) is 13. The number of piperidine rings is 2. The Labute approximate surface area is 397 Å². The Morgan fingerprint density at radius 3 is 1.28 bits per heavy atom. The molecule has 67 heavy (non-hydrogen) atoms. The largest absolute Gasteiger partial charge is 0.316 e. The number of hydrogen-bond donors (Lipinski definition) is 5. The van der Waals surface area contributed by atoms with Crippen LogP contribution >= 0.6 is 0 Å². The van der Waals surface area contributed by atoms with E-state index in [4.69, 9.17) is 0 Å². The van der Waals surface area contributed by atoms with E-state index in [1.807, 2.05) is 36.4 Å². The summed E-state index contributed by atoms with van der Waals surface area (Å²) in [5.41, 5.74) is 7.14. The van der Waals surface area contributed by atoms with Crippen LogP contribution in [-0.2, 0) is 78.1 Å². The van der Waals surface area contributed by atoms with Gasteiger partial charge in [0.2, 0.25) is 40.1 Å². The molecule has 4 aromatic rings. The molecule has 5 N–H and O–H groups in total. The molecule has 0 amide bonds. The first-order chi connectivity index (χ1) is 31.0. The number of likely N-dealkylation sites (tertiary alicyclic amines) is 1. The van der Waals surface area contributed by atoms with Gasteiger partial charge in [0.05, 0.1) is 37.9 Å². The molecule has 4 fully saturated rings. The molecule has 2 aliphatic heterocycles. The van der Waals surface area contributed by atoms with Crippen molar-refractivity contribution in [2.75, 3.05) is 89.5 Å². The molecule has 4 aliphatic rings. The maximum Gasteiger partial charge on any atom is 0.264 e. The van der Waals surface area contributed by atoms with E-state index in [0.29, 0.717) is 52.8 Å². The Hall–Kier alpha value is -4.29. The predicted molar refractivity (Wildman–Crippen MR) is 266 cm³/mol. The normalized spacial score (nSPS) is 24.4. The molecule has 0 bridgehead atoms. The monoisotopic (exact) mass is 1020 g/mol. The van der Waals surface area contributed by atoms with Gasteiger partial charge in [-0.1, -0.05) is 62.4 Å². The second-order valence-corrected chi connectivity index (χ2v) is 27.1. The van der Waals surface area contributed by atoms with E-state index < -0.39 is 50.2 Å². The van der Waals surface area contributed by atoms with Crippen LogP contribution in [0.4, 0.5) is 22.7 Å². The van der Waals surface area contributed by atoms with Crippen LogP contribution in [0.2, 0.25) is 0 Å². The van der Waals surface area contributed by atoms with E-state index in [1.165, 1.54) is 29.2 Å². The third-order valence-electron chi connectivity index (χ3n) is 13.0. The van der Waals surface area contributed by atoms with E-state index in [2.05, 4.69) is 59.3 Å². The highest BCUT2D eigenvalue weighted by Crippen LogP contribution is 2.63. The van der Waals surface area contributed by atoms with Gasteiger partial charge in [0.1, 0.15) is 0 Å². The standard InChI is InChI=1S/C22H29N3O4S2.C13H18N2O2S.C10H15NO5S2/c1-22(17-5-4-6-19(13-17)24-31(3,28)29)20-14-25(15-21(20)22)12-11-16-7-9-18(10-8-16)23-30(2,26)27;1-13(11-7-14-8-12(11)13)9-4-3-5-10(6-9)15-18(2,16)17;1-17(12,13)11-10-5-3-9(4-6-10)7-8-16-18(2,14)15/h4-10,13,20-21,23-24H,11-12,14-15H2,1-3H3;3-6,11-12,14-15H,7-8H2,1-2H3;3-6,11H,7-8H2,1-2H3. The molecule has 0 spiro atoms. The van der Waals surface area contributed by atoms with Gasteiger partial charge in [-0.3, -0.25) is 23.1 Å². The molecular weight excluding hydrogens is 961 g/mol. The topological polar surface area (TPSA) is 243 Å². The summed E-state index contributed by atoms with van der Waals surface area (Å²) in [6.45, 7) is 9.83. The van der Waals surface area contributed by atoms with E-state index in [0.717, 1.165) is 63.5 Å². The van der Waals surface area contributed by atoms with Crippen molar-refractivity contribution in [3.63, 3.8) is 0 Å². The Bertz CT molecular complexity index is 2950. The summed E-state index contributed by atoms with van der Waals surface area (Å²) in [4.78, 5) is 2.48. The van der Waals surface area contributed by atoms with Crippen molar-refractivity contribution in [1.82, 2.24) is 10.2 Å². The summed E-state index contributed by atoms with van der Waals surface area (Å²) >= 11 is 0. The van der Waals surface area contributed by atoms with Gasteiger partial charge in [0.25, 0.3) is 10.1 Å². The zero-order valence-electron chi connectivity index (χ0n) is 38.7. The smallest absolute Gasteiger partial charge is 0.264 e. The molecule has 0 radical (unpaired) electrons. The van der Waals surface area contributed by atoms with Gasteiger partial charge in [-0.05, 0) is 120 Å². The minimum absolute atomic E-state index is 0.0671. The van der Waals surface area contributed by atoms with Crippen LogP contribution in [0.3, 0.4) is 0 Å². The van der Waals surface area contributed by atoms with Crippen molar-refractivity contribution in [3.05, 3.63) is 119 Å². The molecule has 8 rings (SSSR count).